The SMILES string of the molecule is CCC[NH-].CCC[NH-].CCC[NH-].[Ti+4].c1ccc2[cH-]ccc2c1. The Kier molecular flexibility index (Phi) is 27.2. The van der Waals surface area contributed by atoms with E-state index in [4.69, 9.17) is 17.2 Å². The van der Waals surface area contributed by atoms with E-state index in [-0.39, 0.29) is 21.7 Å². The molecule has 0 unspecified atom stereocenters. The summed E-state index contributed by atoms with van der Waals surface area (Å²) in [6, 6.07) is 14.7. The van der Waals surface area contributed by atoms with Crippen LogP contribution in [0.15, 0.2) is 42.5 Å². The van der Waals surface area contributed by atoms with Gasteiger partial charge in [-0.3, -0.25) is 0 Å². The first-order valence-corrected chi connectivity index (χ1v) is 7.75. The van der Waals surface area contributed by atoms with Gasteiger partial charge in [-0.05, 0) is 0 Å². The summed E-state index contributed by atoms with van der Waals surface area (Å²) in [5, 5.41) is 2.66. The summed E-state index contributed by atoms with van der Waals surface area (Å²) in [5.41, 5.74) is 19.4. The molecule has 0 saturated heterocycles. The summed E-state index contributed by atoms with van der Waals surface area (Å²) in [7, 11) is 0. The summed E-state index contributed by atoms with van der Waals surface area (Å²) >= 11 is 0. The van der Waals surface area contributed by atoms with Crippen LogP contribution in [0.1, 0.15) is 40.0 Å². The molecule has 0 heterocycles. The molecule has 0 amide bonds. The Balaban J connectivity index is -0.000000241. The molecule has 4 heteroatoms. The van der Waals surface area contributed by atoms with E-state index in [2.05, 4.69) is 42.5 Å². The standard InChI is InChI=1S/C9H7.3C3H8N.Ti/c1-2-5-9-7-3-6-8(9)4-1;3*1-2-3-4;/h1-7H;3*4H,2-3H2,1H3;/q4*-1;+4. The molecule has 22 heavy (non-hydrogen) atoms. The van der Waals surface area contributed by atoms with Crippen molar-refractivity contribution in [2.45, 2.75) is 40.0 Å². The Hall–Kier alpha value is -0.576. The zero-order chi connectivity index (χ0) is 16.3. The van der Waals surface area contributed by atoms with Crippen LogP contribution in [0.25, 0.3) is 28.0 Å². The Labute approximate surface area is 151 Å². The van der Waals surface area contributed by atoms with E-state index in [0.717, 1.165) is 19.3 Å². The van der Waals surface area contributed by atoms with Crippen molar-refractivity contribution in [3.8, 4) is 0 Å². The average Bonchev–Trinajstić information content (AvgIpc) is 3.04. The molecule has 0 atom stereocenters. The molecule has 0 radical (unpaired) electrons. The van der Waals surface area contributed by atoms with Gasteiger partial charge in [0.2, 0.25) is 0 Å². The van der Waals surface area contributed by atoms with Gasteiger partial charge in [-0.1, -0.05) is 46.1 Å². The molecular formula is C18H31N3Ti. The summed E-state index contributed by atoms with van der Waals surface area (Å²) in [4.78, 5) is 0. The second-order valence-electron chi connectivity index (χ2n) is 4.40. The van der Waals surface area contributed by atoms with Gasteiger partial charge < -0.3 is 17.2 Å². The van der Waals surface area contributed by atoms with Crippen molar-refractivity contribution in [3.05, 3.63) is 59.7 Å². The van der Waals surface area contributed by atoms with Crippen molar-refractivity contribution in [2.24, 2.45) is 0 Å². The maximum absolute atomic E-state index is 6.45. The summed E-state index contributed by atoms with van der Waals surface area (Å²) < 4.78 is 0. The third-order valence-electron chi connectivity index (χ3n) is 2.30. The molecule has 0 spiro atoms. The van der Waals surface area contributed by atoms with Gasteiger partial charge in [-0.25, -0.2) is 0 Å². The molecule has 0 aliphatic heterocycles. The second-order valence-corrected chi connectivity index (χ2v) is 4.40. The fourth-order valence-corrected chi connectivity index (χ4v) is 1.07. The molecule has 2 aromatic carbocycles. The van der Waals surface area contributed by atoms with E-state index in [9.17, 15) is 0 Å². The molecule has 0 bridgehead atoms. The van der Waals surface area contributed by atoms with Crippen molar-refractivity contribution in [2.75, 3.05) is 19.6 Å². The molecular weight excluding hydrogens is 306 g/mol. The number of benzene rings is 1. The maximum atomic E-state index is 6.45. The fraction of sp³-hybridized carbons (Fsp3) is 0.500. The Morgan fingerprint density at radius 1 is 0.773 bits per heavy atom. The van der Waals surface area contributed by atoms with Crippen molar-refractivity contribution in [1.82, 2.24) is 0 Å². The molecule has 122 valence electrons. The largest absolute Gasteiger partial charge is 4.00 e. The molecule has 2 aromatic rings. The van der Waals surface area contributed by atoms with Gasteiger partial charge >= 0.3 is 21.7 Å². The van der Waals surface area contributed by atoms with Crippen LogP contribution < -0.4 is 0 Å². The fourth-order valence-electron chi connectivity index (χ4n) is 1.07. The Morgan fingerprint density at radius 3 is 1.55 bits per heavy atom. The smallest absolute Gasteiger partial charge is 0.677 e. The monoisotopic (exact) mass is 337 g/mol. The van der Waals surface area contributed by atoms with E-state index in [0.29, 0.717) is 19.6 Å². The zero-order valence-electron chi connectivity index (χ0n) is 14.3. The molecule has 0 fully saturated rings. The molecule has 2 rings (SSSR count). The van der Waals surface area contributed by atoms with Gasteiger partial charge in [-0.15, -0.1) is 29.7 Å². The first-order chi connectivity index (χ1) is 10.2. The van der Waals surface area contributed by atoms with E-state index in [1.165, 1.54) is 10.8 Å². The molecule has 3 nitrogen and oxygen atoms in total. The summed E-state index contributed by atoms with van der Waals surface area (Å²) in [6.07, 6.45) is 2.96. The molecule has 0 aromatic heterocycles. The van der Waals surface area contributed by atoms with Crippen LogP contribution >= 0.6 is 0 Å². The van der Waals surface area contributed by atoms with Gasteiger partial charge in [0.05, 0.1) is 0 Å². The van der Waals surface area contributed by atoms with Crippen LogP contribution in [-0.2, 0) is 21.7 Å². The van der Waals surface area contributed by atoms with Crippen molar-refractivity contribution in [1.29, 1.82) is 0 Å². The quantitative estimate of drug-likeness (QED) is 0.431. The predicted octanol–water partition coefficient (Wildman–Crippen LogP) is 6.90. The average molecular weight is 337 g/mol. The van der Waals surface area contributed by atoms with Crippen LogP contribution in [0, 0.1) is 0 Å². The van der Waals surface area contributed by atoms with Gasteiger partial charge in [0, 0.05) is 0 Å². The van der Waals surface area contributed by atoms with E-state index >= 15 is 0 Å². The molecule has 0 saturated carbocycles. The first-order valence-electron chi connectivity index (χ1n) is 7.75. The number of hydrogen-bond donors (Lipinski definition) is 0. The van der Waals surface area contributed by atoms with Crippen LogP contribution in [0.2, 0.25) is 0 Å². The maximum Gasteiger partial charge on any atom is 4.00 e. The normalized spacial score (nSPS) is 8.27. The number of rotatable bonds is 3. The number of hydrogen-bond acceptors (Lipinski definition) is 0. The van der Waals surface area contributed by atoms with Crippen LogP contribution in [-0.4, -0.2) is 19.6 Å². The summed E-state index contributed by atoms with van der Waals surface area (Å²) in [6.45, 7) is 7.69. The number of nitrogens with one attached hydrogen (secondary N) is 3. The van der Waals surface area contributed by atoms with Crippen LogP contribution in [0.5, 0.6) is 0 Å². The number of fused-ring (bicyclic) bond motifs is 1. The van der Waals surface area contributed by atoms with Gasteiger partial charge in [0.25, 0.3) is 0 Å². The zero-order valence-corrected chi connectivity index (χ0v) is 15.8. The van der Waals surface area contributed by atoms with Crippen molar-refractivity contribution >= 4 is 10.8 Å². The van der Waals surface area contributed by atoms with Crippen LogP contribution in [0.4, 0.5) is 0 Å². The first kappa shape index (κ1) is 26.3. The second kappa shape index (κ2) is 22.7. The summed E-state index contributed by atoms with van der Waals surface area (Å²) in [5.74, 6) is 0. The minimum atomic E-state index is 0. The predicted molar refractivity (Wildman–Crippen MR) is 98.0 cm³/mol. The van der Waals surface area contributed by atoms with E-state index < -0.39 is 0 Å². The van der Waals surface area contributed by atoms with E-state index in [1.807, 2.05) is 20.8 Å². The van der Waals surface area contributed by atoms with Crippen molar-refractivity contribution in [3.63, 3.8) is 0 Å². The molecule has 0 aliphatic rings. The van der Waals surface area contributed by atoms with Crippen LogP contribution in [0.3, 0.4) is 0 Å². The minimum Gasteiger partial charge on any atom is -0.677 e. The molecule has 0 aliphatic carbocycles. The van der Waals surface area contributed by atoms with E-state index in [1.54, 1.807) is 0 Å². The van der Waals surface area contributed by atoms with Gasteiger partial charge in [-0.2, -0.15) is 37.2 Å². The Bertz CT molecular complexity index is 356. The third kappa shape index (κ3) is 17.5. The van der Waals surface area contributed by atoms with Gasteiger partial charge in [0.1, 0.15) is 0 Å². The minimum absolute atomic E-state index is 0. The third-order valence-corrected chi connectivity index (χ3v) is 2.30. The van der Waals surface area contributed by atoms with Crippen molar-refractivity contribution < 1.29 is 21.7 Å². The Morgan fingerprint density at radius 2 is 1.18 bits per heavy atom. The topological polar surface area (TPSA) is 71.4 Å². The van der Waals surface area contributed by atoms with Gasteiger partial charge in [0.15, 0.2) is 0 Å². The molecule has 3 N–H and O–H groups in total.